The number of amides is 1. The van der Waals surface area contributed by atoms with Crippen LogP contribution in [0.25, 0.3) is 0 Å². The second-order valence-electron chi connectivity index (χ2n) is 3.46. The summed E-state index contributed by atoms with van der Waals surface area (Å²) in [6.45, 7) is -0.609. The van der Waals surface area contributed by atoms with Crippen LogP contribution in [0.4, 0.5) is 0 Å². The van der Waals surface area contributed by atoms with E-state index in [0.717, 1.165) is 8.47 Å². The average molecular weight is 349 g/mol. The largest absolute Gasteiger partial charge is 0.480 e. The monoisotopic (exact) mass is 349 g/mol. The van der Waals surface area contributed by atoms with E-state index >= 15 is 0 Å². The van der Waals surface area contributed by atoms with Gasteiger partial charge in [0.05, 0.1) is 6.61 Å². The quantitative estimate of drug-likeness (QED) is 0.789. The number of halogens is 1. The minimum atomic E-state index is -1.23. The van der Waals surface area contributed by atoms with Crippen LogP contribution in [0, 0.1) is 3.57 Å². The third kappa shape index (κ3) is 3.40. The first-order valence-electron chi connectivity index (χ1n) is 4.83. The van der Waals surface area contributed by atoms with Gasteiger partial charge in [0, 0.05) is 16.2 Å². The van der Waals surface area contributed by atoms with Gasteiger partial charge in [0.25, 0.3) is 5.91 Å². The Morgan fingerprint density at radius 3 is 2.29 bits per heavy atom. The molecule has 92 valence electrons. The highest BCUT2D eigenvalue weighted by Gasteiger charge is 2.26. The van der Waals surface area contributed by atoms with Crippen LogP contribution in [0.5, 0.6) is 0 Å². The summed E-state index contributed by atoms with van der Waals surface area (Å²) in [5.74, 6) is -1.66. The fraction of sp³-hybridized carbons (Fsp3) is 0.273. The summed E-state index contributed by atoms with van der Waals surface area (Å²) < 4.78 is 0.985. The average Bonchev–Trinajstić information content (AvgIpc) is 2.29. The Hall–Kier alpha value is -1.15. The van der Waals surface area contributed by atoms with Crippen molar-refractivity contribution < 1.29 is 19.8 Å². The smallest absolute Gasteiger partial charge is 0.328 e. The first kappa shape index (κ1) is 13.9. The lowest BCUT2D eigenvalue weighted by Crippen LogP contribution is -2.44. The predicted molar refractivity (Wildman–Crippen MR) is 69.8 cm³/mol. The second kappa shape index (κ2) is 5.97. The molecule has 2 N–H and O–H groups in total. The molecule has 1 atom stereocenters. The molecule has 0 radical (unpaired) electrons. The molecule has 0 bridgehead atoms. The minimum Gasteiger partial charge on any atom is -0.480 e. The molecule has 0 aliphatic heterocycles. The molecule has 0 aromatic heterocycles. The number of aliphatic carboxylic acids is 1. The van der Waals surface area contributed by atoms with E-state index in [0.29, 0.717) is 5.56 Å². The highest BCUT2D eigenvalue weighted by molar-refractivity contribution is 14.1. The molecule has 17 heavy (non-hydrogen) atoms. The number of rotatable bonds is 4. The lowest BCUT2D eigenvalue weighted by molar-refractivity contribution is -0.143. The third-order valence-corrected chi connectivity index (χ3v) is 3.06. The maximum absolute atomic E-state index is 11.9. The second-order valence-corrected chi connectivity index (χ2v) is 4.71. The number of carbonyl (C=O) groups excluding carboxylic acids is 1. The summed E-state index contributed by atoms with van der Waals surface area (Å²) in [7, 11) is 1.36. The zero-order valence-electron chi connectivity index (χ0n) is 9.13. The molecule has 6 heteroatoms. The number of carboxylic acid groups (broad SMARTS) is 1. The molecule has 0 aliphatic rings. The molecule has 1 rings (SSSR count). The van der Waals surface area contributed by atoms with Crippen LogP contribution in [0.15, 0.2) is 24.3 Å². The highest BCUT2D eigenvalue weighted by Crippen LogP contribution is 2.10. The normalized spacial score (nSPS) is 11.9. The van der Waals surface area contributed by atoms with Crippen molar-refractivity contribution in [1.82, 2.24) is 4.90 Å². The van der Waals surface area contributed by atoms with Gasteiger partial charge < -0.3 is 15.1 Å². The van der Waals surface area contributed by atoms with Gasteiger partial charge in [-0.2, -0.15) is 0 Å². The molecule has 5 nitrogen and oxygen atoms in total. The summed E-state index contributed by atoms with van der Waals surface area (Å²) in [4.78, 5) is 23.7. The van der Waals surface area contributed by atoms with E-state index in [1.165, 1.54) is 7.05 Å². The van der Waals surface area contributed by atoms with E-state index in [1.54, 1.807) is 24.3 Å². The number of nitrogens with zero attached hydrogens (tertiary/aromatic N) is 1. The van der Waals surface area contributed by atoms with Gasteiger partial charge in [-0.15, -0.1) is 0 Å². The Morgan fingerprint density at radius 2 is 1.88 bits per heavy atom. The van der Waals surface area contributed by atoms with Gasteiger partial charge >= 0.3 is 5.97 Å². The number of carboxylic acids is 1. The van der Waals surface area contributed by atoms with E-state index in [-0.39, 0.29) is 0 Å². The Kier molecular flexibility index (Phi) is 4.88. The van der Waals surface area contributed by atoms with E-state index in [4.69, 9.17) is 10.2 Å². The SMILES string of the molecule is CN(C(=O)c1ccc(I)cc1)[C@@H](CO)C(=O)O. The lowest BCUT2D eigenvalue weighted by Gasteiger charge is -2.23. The minimum absolute atomic E-state index is 0.396. The fourth-order valence-electron chi connectivity index (χ4n) is 1.30. The van der Waals surface area contributed by atoms with Crippen molar-refractivity contribution in [2.24, 2.45) is 0 Å². The van der Waals surface area contributed by atoms with Crippen LogP contribution < -0.4 is 0 Å². The van der Waals surface area contributed by atoms with Crippen LogP contribution in [0.3, 0.4) is 0 Å². The van der Waals surface area contributed by atoms with Crippen LogP contribution in [0.1, 0.15) is 10.4 Å². The Morgan fingerprint density at radius 1 is 1.35 bits per heavy atom. The van der Waals surface area contributed by atoms with Crippen molar-refractivity contribution in [3.8, 4) is 0 Å². The highest BCUT2D eigenvalue weighted by atomic mass is 127. The molecule has 0 saturated carbocycles. The number of benzene rings is 1. The van der Waals surface area contributed by atoms with E-state index in [9.17, 15) is 9.59 Å². The van der Waals surface area contributed by atoms with Crippen molar-refractivity contribution in [2.45, 2.75) is 6.04 Å². The standard InChI is InChI=1S/C11H12INO4/c1-13(9(6-14)11(16)17)10(15)7-2-4-8(12)5-3-7/h2-5,9,14H,6H2,1H3,(H,16,17)/t9-/m0/s1. The molecule has 0 heterocycles. The lowest BCUT2D eigenvalue weighted by atomic mass is 10.1. The number of likely N-dealkylation sites (N-methyl/N-ethyl adjacent to an activating group) is 1. The van der Waals surface area contributed by atoms with Crippen LogP contribution in [-0.4, -0.2) is 46.7 Å². The zero-order chi connectivity index (χ0) is 13.0. The number of carbonyl (C=O) groups is 2. The molecule has 1 aromatic rings. The maximum Gasteiger partial charge on any atom is 0.328 e. The molecule has 0 fully saturated rings. The first-order chi connectivity index (χ1) is 7.97. The molecule has 0 spiro atoms. The van der Waals surface area contributed by atoms with Gasteiger partial charge in [0.15, 0.2) is 6.04 Å². The Labute approximate surface area is 112 Å². The van der Waals surface area contributed by atoms with Crippen molar-refractivity contribution >= 4 is 34.5 Å². The van der Waals surface area contributed by atoms with E-state index in [2.05, 4.69) is 22.6 Å². The van der Waals surface area contributed by atoms with Crippen molar-refractivity contribution in [2.75, 3.05) is 13.7 Å². The molecule has 0 unspecified atom stereocenters. The predicted octanol–water partition coefficient (Wildman–Crippen LogP) is 0.809. The van der Waals surface area contributed by atoms with Crippen LogP contribution in [-0.2, 0) is 4.79 Å². The van der Waals surface area contributed by atoms with Crippen molar-refractivity contribution in [3.63, 3.8) is 0 Å². The topological polar surface area (TPSA) is 77.8 Å². The zero-order valence-corrected chi connectivity index (χ0v) is 11.3. The number of aliphatic hydroxyl groups excluding tert-OH is 1. The van der Waals surface area contributed by atoms with Gasteiger partial charge in [-0.3, -0.25) is 4.79 Å². The number of hydrogen-bond acceptors (Lipinski definition) is 3. The van der Waals surface area contributed by atoms with E-state index < -0.39 is 24.5 Å². The summed E-state index contributed by atoms with van der Waals surface area (Å²) in [5, 5.41) is 17.8. The van der Waals surface area contributed by atoms with Gasteiger partial charge in [0.1, 0.15) is 0 Å². The molecule has 1 amide bonds. The van der Waals surface area contributed by atoms with Gasteiger partial charge in [0.2, 0.25) is 0 Å². The molecular formula is C11H12INO4. The van der Waals surface area contributed by atoms with Crippen LogP contribution >= 0.6 is 22.6 Å². The Balaban J connectivity index is 2.89. The van der Waals surface area contributed by atoms with Crippen molar-refractivity contribution in [3.05, 3.63) is 33.4 Å². The third-order valence-electron chi connectivity index (χ3n) is 2.34. The van der Waals surface area contributed by atoms with Gasteiger partial charge in [-0.05, 0) is 46.9 Å². The molecule has 1 aromatic carbocycles. The first-order valence-corrected chi connectivity index (χ1v) is 5.91. The summed E-state index contributed by atoms with van der Waals surface area (Å²) >= 11 is 2.11. The summed E-state index contributed by atoms with van der Waals surface area (Å²) in [5.41, 5.74) is 0.396. The van der Waals surface area contributed by atoms with Gasteiger partial charge in [-0.25, -0.2) is 4.79 Å². The Bertz CT molecular complexity index is 418. The number of aliphatic hydroxyl groups is 1. The maximum atomic E-state index is 11.9. The summed E-state index contributed by atoms with van der Waals surface area (Å²) in [6, 6.07) is 5.54. The summed E-state index contributed by atoms with van der Waals surface area (Å²) in [6.07, 6.45) is 0. The van der Waals surface area contributed by atoms with Crippen LogP contribution in [0.2, 0.25) is 0 Å². The number of hydrogen-bond donors (Lipinski definition) is 2. The van der Waals surface area contributed by atoms with E-state index in [1.807, 2.05) is 0 Å². The van der Waals surface area contributed by atoms with Crippen molar-refractivity contribution in [1.29, 1.82) is 0 Å². The molecule has 0 aliphatic carbocycles. The van der Waals surface area contributed by atoms with Gasteiger partial charge in [-0.1, -0.05) is 0 Å². The molecule has 0 saturated heterocycles. The molecular weight excluding hydrogens is 337 g/mol. The fourth-order valence-corrected chi connectivity index (χ4v) is 1.66.